The first-order valence-electron chi connectivity index (χ1n) is 12.3. The second-order valence-corrected chi connectivity index (χ2v) is 10.7. The zero-order valence-corrected chi connectivity index (χ0v) is 21.7. The molecule has 0 spiro atoms. The van der Waals surface area contributed by atoms with Crippen LogP contribution in [0, 0.1) is 5.82 Å². The van der Waals surface area contributed by atoms with E-state index < -0.39 is 11.4 Å². The molecule has 7 nitrogen and oxygen atoms in total. The van der Waals surface area contributed by atoms with Gasteiger partial charge in [-0.3, -0.25) is 4.79 Å². The molecule has 0 saturated carbocycles. The van der Waals surface area contributed by atoms with Gasteiger partial charge in [-0.05, 0) is 32.4 Å². The van der Waals surface area contributed by atoms with Crippen molar-refractivity contribution < 1.29 is 23.5 Å². The average molecular weight is 495 g/mol. The average Bonchev–Trinajstić information content (AvgIpc) is 3.18. The lowest BCUT2D eigenvalue weighted by Crippen LogP contribution is -2.44. The Kier molecular flexibility index (Phi) is 5.53. The number of nitrogens with zero attached hydrogens (tertiary/aromatic N) is 3. The number of methoxy groups -OCH3 is 1. The van der Waals surface area contributed by atoms with Crippen LogP contribution in [0.25, 0.3) is 22.3 Å². The maximum absolute atomic E-state index is 15.2. The van der Waals surface area contributed by atoms with Gasteiger partial charge in [0.05, 0.1) is 61.8 Å². The number of hydrogen-bond acceptors (Lipinski definition) is 5. The van der Waals surface area contributed by atoms with Crippen LogP contribution in [0.2, 0.25) is 0 Å². The van der Waals surface area contributed by atoms with E-state index in [2.05, 4.69) is 34.5 Å². The second-order valence-electron chi connectivity index (χ2n) is 10.7. The first-order chi connectivity index (χ1) is 16.9. The van der Waals surface area contributed by atoms with Gasteiger partial charge < -0.3 is 23.6 Å². The summed E-state index contributed by atoms with van der Waals surface area (Å²) >= 11 is 0. The van der Waals surface area contributed by atoms with E-state index >= 15 is 4.39 Å². The molecule has 0 amide bonds. The molecule has 1 N–H and O–H groups in total. The molecule has 8 heteroatoms. The van der Waals surface area contributed by atoms with Crippen molar-refractivity contribution in [1.29, 1.82) is 0 Å². The van der Waals surface area contributed by atoms with E-state index in [9.17, 15) is 9.90 Å². The normalized spacial score (nSPS) is 18.8. The molecule has 0 fully saturated rings. The molecule has 1 aromatic carbocycles. The maximum Gasteiger partial charge on any atom is 0.258 e. The summed E-state index contributed by atoms with van der Waals surface area (Å²) in [5, 5.41) is 12.1. The largest absolute Gasteiger partial charge is 0.493 e. The summed E-state index contributed by atoms with van der Waals surface area (Å²) in [6, 6.07) is 5.52. The van der Waals surface area contributed by atoms with Gasteiger partial charge in [0, 0.05) is 22.6 Å². The third-order valence-corrected chi connectivity index (χ3v) is 8.16. The fourth-order valence-electron chi connectivity index (χ4n) is 5.22. The van der Waals surface area contributed by atoms with Crippen molar-refractivity contribution in [3.05, 3.63) is 69.0 Å². The minimum atomic E-state index is -1.45. The lowest BCUT2D eigenvalue weighted by molar-refractivity contribution is -0.924. The molecule has 2 aliphatic rings. The van der Waals surface area contributed by atoms with E-state index in [4.69, 9.17) is 14.5 Å². The monoisotopic (exact) mass is 494 g/mol. The van der Waals surface area contributed by atoms with E-state index in [1.54, 1.807) is 4.57 Å². The fourth-order valence-corrected chi connectivity index (χ4v) is 5.22. The Labute approximate surface area is 210 Å². The molecule has 1 atom stereocenters. The Morgan fingerprint density at radius 1 is 1.33 bits per heavy atom. The van der Waals surface area contributed by atoms with Gasteiger partial charge in [0.1, 0.15) is 24.5 Å². The number of fused-ring (bicyclic) bond motifs is 5. The van der Waals surface area contributed by atoms with Gasteiger partial charge in [-0.2, -0.15) is 0 Å². The molecule has 2 aromatic heterocycles. The number of halogens is 1. The molecule has 0 bridgehead atoms. The molecule has 2 aliphatic heterocycles. The Morgan fingerprint density at radius 2 is 2.06 bits per heavy atom. The van der Waals surface area contributed by atoms with E-state index in [1.165, 1.54) is 13.2 Å². The molecule has 190 valence electrons. The summed E-state index contributed by atoms with van der Waals surface area (Å²) in [7, 11) is 5.69. The van der Waals surface area contributed by atoms with Crippen LogP contribution in [0.15, 0.2) is 35.3 Å². The van der Waals surface area contributed by atoms with Crippen LogP contribution in [0.3, 0.4) is 0 Å². The Hall–Kier alpha value is -3.23. The lowest BCUT2D eigenvalue weighted by atomic mass is 9.84. The summed E-state index contributed by atoms with van der Waals surface area (Å²) in [4.78, 5) is 18.3. The number of hydrogen-bond donors (Lipinski definition) is 1. The highest BCUT2D eigenvalue weighted by atomic mass is 19.1. The van der Waals surface area contributed by atoms with Gasteiger partial charge in [-0.25, -0.2) is 9.37 Å². The predicted octanol–water partition coefficient (Wildman–Crippen LogP) is 4.20. The number of aromatic nitrogens is 2. The van der Waals surface area contributed by atoms with Gasteiger partial charge >= 0.3 is 0 Å². The number of quaternary nitrogens is 1. The van der Waals surface area contributed by atoms with Gasteiger partial charge in [0.15, 0.2) is 11.6 Å². The molecular formula is C28H33FN3O4+. The van der Waals surface area contributed by atoms with Crippen molar-refractivity contribution >= 4 is 10.9 Å². The SMILES string of the molecule is C=C1OCc2c(cc3n(c2=O)Cc2cc4c(C[N+](C)(C)C(C)C)c(OC)c(F)cc4nc2-3)[C@@]1(O)CC. The van der Waals surface area contributed by atoms with Crippen molar-refractivity contribution in [1.82, 2.24) is 9.55 Å². The van der Waals surface area contributed by atoms with Crippen molar-refractivity contribution in [2.75, 3.05) is 21.2 Å². The predicted molar refractivity (Wildman–Crippen MR) is 136 cm³/mol. The summed E-state index contributed by atoms with van der Waals surface area (Å²) in [6.07, 6.45) is 0.317. The minimum Gasteiger partial charge on any atom is -0.493 e. The van der Waals surface area contributed by atoms with E-state index in [0.717, 1.165) is 16.5 Å². The molecule has 0 radical (unpaired) electrons. The van der Waals surface area contributed by atoms with Gasteiger partial charge in [0.25, 0.3) is 5.56 Å². The Balaban J connectivity index is 1.75. The standard InChI is InChI=1S/C28H33FN3O4/c1-8-28(34)16(4)36-14-20-21(28)10-24-25-17(12-31(24)27(20)33)9-18-19(13-32(5,6)15(2)3)26(35-7)22(29)11-23(18)30-25/h9-11,15,34H,4,8,12-14H2,1-3,5-7H3/q+1/t28-/m1/s1. The molecule has 5 rings (SSSR count). The first-order valence-corrected chi connectivity index (χ1v) is 12.3. The van der Waals surface area contributed by atoms with Crippen molar-refractivity contribution in [2.45, 2.75) is 58.5 Å². The molecule has 3 aromatic rings. The molecule has 0 saturated heterocycles. The highest BCUT2D eigenvalue weighted by molar-refractivity contribution is 5.88. The topological polar surface area (TPSA) is 73.6 Å². The fraction of sp³-hybridized carbons (Fsp3) is 0.429. The zero-order valence-electron chi connectivity index (χ0n) is 21.7. The number of ether oxygens (including phenoxy) is 2. The molecular weight excluding hydrogens is 461 g/mol. The van der Waals surface area contributed by atoms with Crippen LogP contribution in [0.5, 0.6) is 5.75 Å². The van der Waals surface area contributed by atoms with Crippen LogP contribution in [0.4, 0.5) is 4.39 Å². The molecule has 36 heavy (non-hydrogen) atoms. The van der Waals surface area contributed by atoms with Crippen LogP contribution in [-0.4, -0.2) is 46.4 Å². The van der Waals surface area contributed by atoms with E-state index in [0.29, 0.717) is 58.1 Å². The van der Waals surface area contributed by atoms with Gasteiger partial charge in [0.2, 0.25) is 0 Å². The van der Waals surface area contributed by atoms with Gasteiger partial charge in [-0.15, -0.1) is 0 Å². The molecule has 0 unspecified atom stereocenters. The highest BCUT2D eigenvalue weighted by Crippen LogP contribution is 2.43. The maximum atomic E-state index is 15.2. The number of pyridine rings is 2. The van der Waals surface area contributed by atoms with Gasteiger partial charge in [-0.1, -0.05) is 13.5 Å². The summed E-state index contributed by atoms with van der Waals surface area (Å²) in [6.45, 7) is 10.9. The first kappa shape index (κ1) is 24.5. The summed E-state index contributed by atoms with van der Waals surface area (Å²) < 4.78 is 28.6. The Morgan fingerprint density at radius 3 is 2.69 bits per heavy atom. The van der Waals surface area contributed by atoms with Crippen LogP contribution in [0.1, 0.15) is 49.4 Å². The van der Waals surface area contributed by atoms with Crippen molar-refractivity contribution in [3.8, 4) is 17.1 Å². The van der Waals surface area contributed by atoms with Crippen LogP contribution >= 0.6 is 0 Å². The third kappa shape index (κ3) is 3.38. The van der Waals surface area contributed by atoms with Crippen LogP contribution < -0.4 is 10.3 Å². The number of aliphatic hydroxyl groups is 1. The smallest absolute Gasteiger partial charge is 0.258 e. The highest BCUT2D eigenvalue weighted by Gasteiger charge is 2.41. The molecule has 4 heterocycles. The molecule has 0 aliphatic carbocycles. The summed E-state index contributed by atoms with van der Waals surface area (Å²) in [5.41, 5.74) is 2.62. The minimum absolute atomic E-state index is 0.0656. The summed E-state index contributed by atoms with van der Waals surface area (Å²) in [5.74, 6) is -0.00926. The number of benzene rings is 1. The number of rotatable bonds is 5. The quantitative estimate of drug-likeness (QED) is 0.421. The van der Waals surface area contributed by atoms with Crippen molar-refractivity contribution in [2.24, 2.45) is 0 Å². The van der Waals surface area contributed by atoms with E-state index in [-0.39, 0.29) is 23.7 Å². The Bertz CT molecular complexity index is 1490. The van der Waals surface area contributed by atoms with E-state index in [1.807, 2.05) is 19.1 Å². The van der Waals surface area contributed by atoms with Crippen LogP contribution in [-0.2, 0) is 30.0 Å². The van der Waals surface area contributed by atoms with Crippen molar-refractivity contribution in [3.63, 3.8) is 0 Å². The third-order valence-electron chi connectivity index (χ3n) is 8.16. The zero-order chi connectivity index (χ0) is 26.2. The lowest BCUT2D eigenvalue weighted by Gasteiger charge is -2.35. The second kappa shape index (κ2) is 8.15.